The Balaban J connectivity index is 1.66. The highest BCUT2D eigenvalue weighted by atomic mass is 16.2. The Morgan fingerprint density at radius 1 is 1.03 bits per heavy atom. The Kier molecular flexibility index (Phi) is 6.76. The number of carbonyl (C=O) groups excluding carboxylic acids is 1. The minimum atomic E-state index is -0.168. The molecule has 0 aliphatic heterocycles. The van der Waals surface area contributed by atoms with Crippen LogP contribution in [0, 0.1) is 6.92 Å². The van der Waals surface area contributed by atoms with Gasteiger partial charge in [0.15, 0.2) is 5.65 Å². The molecular weight excluding hydrogens is 438 g/mol. The first kappa shape index (κ1) is 24.6. The van der Waals surface area contributed by atoms with E-state index in [0.717, 1.165) is 44.9 Å². The van der Waals surface area contributed by atoms with Crippen molar-refractivity contribution in [3.05, 3.63) is 59.5 Å². The van der Waals surface area contributed by atoms with E-state index in [1.807, 2.05) is 51.0 Å². The molecule has 3 heterocycles. The van der Waals surface area contributed by atoms with Gasteiger partial charge in [-0.15, -0.1) is 0 Å². The second kappa shape index (κ2) is 9.62. The molecule has 2 atom stereocenters. The number of likely N-dealkylation sites (N-methyl/N-ethyl adjacent to an activating group) is 2. The Labute approximate surface area is 207 Å². The van der Waals surface area contributed by atoms with E-state index in [9.17, 15) is 4.79 Å². The number of fused-ring (bicyclic) bond motifs is 1. The number of H-pyrrole nitrogens is 1. The maximum atomic E-state index is 12.8. The number of benzene rings is 1. The number of nitrogens with zero attached hydrogens (tertiary/aromatic N) is 6. The number of hydrogen-bond acceptors (Lipinski definition) is 5. The van der Waals surface area contributed by atoms with Crippen molar-refractivity contribution in [3.8, 4) is 22.5 Å². The maximum Gasteiger partial charge on any atom is 0.239 e. The van der Waals surface area contributed by atoms with Gasteiger partial charge in [0, 0.05) is 29.9 Å². The van der Waals surface area contributed by atoms with E-state index in [0.29, 0.717) is 0 Å². The third-order valence-electron chi connectivity index (χ3n) is 6.96. The smallest absolute Gasteiger partial charge is 0.239 e. The number of rotatable bonds is 7. The molecule has 1 aromatic carbocycles. The second-order valence-electron chi connectivity index (χ2n) is 9.84. The number of pyridine rings is 1. The number of amides is 1. The molecule has 0 saturated heterocycles. The normalized spacial score (nSPS) is 13.5. The molecule has 35 heavy (non-hydrogen) atoms. The summed E-state index contributed by atoms with van der Waals surface area (Å²) >= 11 is 0. The van der Waals surface area contributed by atoms with Gasteiger partial charge in [-0.3, -0.25) is 14.8 Å². The summed E-state index contributed by atoms with van der Waals surface area (Å²) in [6.45, 7) is 10.4. The van der Waals surface area contributed by atoms with Gasteiger partial charge >= 0.3 is 0 Å². The van der Waals surface area contributed by atoms with Crippen molar-refractivity contribution in [2.75, 3.05) is 21.1 Å². The van der Waals surface area contributed by atoms with Gasteiger partial charge in [-0.05, 0) is 58.0 Å². The highest BCUT2D eigenvalue weighted by Gasteiger charge is 2.24. The van der Waals surface area contributed by atoms with Crippen LogP contribution in [0.4, 0.5) is 0 Å². The molecule has 1 N–H and O–H groups in total. The van der Waals surface area contributed by atoms with E-state index in [-0.39, 0.29) is 23.9 Å². The van der Waals surface area contributed by atoms with E-state index in [1.54, 1.807) is 10.8 Å². The quantitative estimate of drug-likeness (QED) is 0.421. The van der Waals surface area contributed by atoms with Crippen molar-refractivity contribution in [2.45, 2.75) is 52.6 Å². The minimum absolute atomic E-state index is 0.0318. The summed E-state index contributed by atoms with van der Waals surface area (Å²) in [5, 5.41) is 12.3. The first-order chi connectivity index (χ1) is 16.6. The van der Waals surface area contributed by atoms with Gasteiger partial charge in [0.05, 0.1) is 23.5 Å². The van der Waals surface area contributed by atoms with Crippen LogP contribution in [0.2, 0.25) is 0 Å². The molecular formula is C27H35N7O. The predicted octanol–water partition coefficient (Wildman–Crippen LogP) is 4.69. The highest BCUT2D eigenvalue weighted by molar-refractivity contribution is 5.81. The number of aromatic amines is 1. The minimum Gasteiger partial charge on any atom is -0.338 e. The topological polar surface area (TPSA) is 82.4 Å². The number of carbonyl (C=O) groups is 1. The van der Waals surface area contributed by atoms with Crippen LogP contribution in [-0.2, 0) is 4.79 Å². The molecule has 4 aromatic rings. The van der Waals surface area contributed by atoms with E-state index in [4.69, 9.17) is 5.10 Å². The lowest BCUT2D eigenvalue weighted by Crippen LogP contribution is -2.43. The van der Waals surface area contributed by atoms with E-state index >= 15 is 0 Å². The molecule has 1 amide bonds. The van der Waals surface area contributed by atoms with Crippen molar-refractivity contribution in [2.24, 2.45) is 0 Å². The lowest BCUT2D eigenvalue weighted by molar-refractivity contribution is -0.136. The summed E-state index contributed by atoms with van der Waals surface area (Å²) in [5.41, 5.74) is 8.18. The van der Waals surface area contributed by atoms with Crippen LogP contribution in [0.1, 0.15) is 56.3 Å². The molecule has 0 fully saturated rings. The van der Waals surface area contributed by atoms with Crippen LogP contribution >= 0.6 is 0 Å². The molecule has 184 valence electrons. The van der Waals surface area contributed by atoms with Crippen LogP contribution in [0.15, 0.2) is 42.9 Å². The molecule has 0 unspecified atom stereocenters. The fourth-order valence-corrected chi connectivity index (χ4v) is 4.43. The van der Waals surface area contributed by atoms with E-state index < -0.39 is 0 Å². The molecule has 0 spiro atoms. The van der Waals surface area contributed by atoms with Crippen LogP contribution in [-0.4, -0.2) is 67.7 Å². The SMILES string of the molecule is Cc1cc(-c2[nH]nc(-c3ccc([C@H](C)N(C)C(=O)[C@H](C)N(C)C)cc3)c2C(C)C)cn2ncnc12. The van der Waals surface area contributed by atoms with Crippen molar-refractivity contribution < 1.29 is 4.79 Å². The zero-order chi connectivity index (χ0) is 25.4. The second-order valence-corrected chi connectivity index (χ2v) is 9.84. The number of nitrogens with one attached hydrogen (secondary N) is 1. The molecule has 4 rings (SSSR count). The standard InChI is InChI=1S/C27H35N7O/c1-16(2)23-24(30-31-25(23)22-13-17(3)26-28-15-29-34(26)14-22)21-11-9-20(10-12-21)18(4)33(8)27(35)19(5)32(6)7/h9-16,18-19H,1-8H3,(H,30,31)/t18-,19-/m0/s1. The first-order valence-corrected chi connectivity index (χ1v) is 12.0. The van der Waals surface area contributed by atoms with E-state index in [2.05, 4.69) is 66.3 Å². The summed E-state index contributed by atoms with van der Waals surface area (Å²) in [7, 11) is 5.71. The first-order valence-electron chi connectivity index (χ1n) is 12.0. The van der Waals surface area contributed by atoms with Gasteiger partial charge < -0.3 is 4.90 Å². The zero-order valence-corrected chi connectivity index (χ0v) is 21.9. The number of aryl methyl sites for hydroxylation is 1. The third-order valence-corrected chi connectivity index (χ3v) is 6.96. The highest BCUT2D eigenvalue weighted by Crippen LogP contribution is 2.36. The van der Waals surface area contributed by atoms with Crippen molar-refractivity contribution in [1.82, 2.24) is 34.6 Å². The molecule has 8 heteroatoms. The summed E-state index contributed by atoms with van der Waals surface area (Å²) < 4.78 is 1.81. The van der Waals surface area contributed by atoms with Gasteiger partial charge in [-0.2, -0.15) is 10.2 Å². The summed E-state index contributed by atoms with van der Waals surface area (Å²) in [6.07, 6.45) is 3.56. The van der Waals surface area contributed by atoms with Gasteiger partial charge in [0.2, 0.25) is 5.91 Å². The summed E-state index contributed by atoms with van der Waals surface area (Å²) in [4.78, 5) is 20.9. The largest absolute Gasteiger partial charge is 0.338 e. The molecule has 8 nitrogen and oxygen atoms in total. The fraction of sp³-hybridized carbons (Fsp3) is 0.407. The van der Waals surface area contributed by atoms with Gasteiger partial charge in [0.25, 0.3) is 0 Å². The number of hydrogen-bond donors (Lipinski definition) is 1. The average Bonchev–Trinajstić information content (AvgIpc) is 3.50. The lowest BCUT2D eigenvalue weighted by atomic mass is 9.93. The average molecular weight is 474 g/mol. The molecule has 0 aliphatic carbocycles. The van der Waals surface area contributed by atoms with Crippen LogP contribution in [0.3, 0.4) is 0 Å². The molecule has 0 saturated carbocycles. The van der Waals surface area contributed by atoms with Crippen molar-refractivity contribution in [1.29, 1.82) is 0 Å². The number of aromatic nitrogens is 5. The Morgan fingerprint density at radius 2 is 1.71 bits per heavy atom. The van der Waals surface area contributed by atoms with Gasteiger partial charge in [-0.25, -0.2) is 9.50 Å². The predicted molar refractivity (Wildman–Crippen MR) is 139 cm³/mol. The Bertz CT molecular complexity index is 1330. The van der Waals surface area contributed by atoms with Crippen LogP contribution < -0.4 is 0 Å². The fourth-order valence-electron chi connectivity index (χ4n) is 4.43. The third kappa shape index (κ3) is 4.58. The monoisotopic (exact) mass is 473 g/mol. The van der Waals surface area contributed by atoms with E-state index in [1.165, 1.54) is 0 Å². The zero-order valence-electron chi connectivity index (χ0n) is 21.9. The maximum absolute atomic E-state index is 12.8. The van der Waals surface area contributed by atoms with Gasteiger partial charge in [-0.1, -0.05) is 38.1 Å². The van der Waals surface area contributed by atoms with Crippen LogP contribution in [0.5, 0.6) is 0 Å². The molecule has 3 aromatic heterocycles. The molecule has 0 bridgehead atoms. The van der Waals surface area contributed by atoms with Crippen molar-refractivity contribution in [3.63, 3.8) is 0 Å². The summed E-state index contributed by atoms with van der Waals surface area (Å²) in [5.74, 6) is 0.366. The Hall–Kier alpha value is -3.52. The Morgan fingerprint density at radius 3 is 2.34 bits per heavy atom. The molecule has 0 aliphatic rings. The van der Waals surface area contributed by atoms with Gasteiger partial charge in [0.1, 0.15) is 6.33 Å². The summed E-state index contributed by atoms with van der Waals surface area (Å²) in [6, 6.07) is 10.3. The molecule has 0 radical (unpaired) electrons. The van der Waals surface area contributed by atoms with Crippen LogP contribution in [0.25, 0.3) is 28.2 Å². The van der Waals surface area contributed by atoms with Crippen molar-refractivity contribution >= 4 is 11.6 Å². The lowest BCUT2D eigenvalue weighted by Gasteiger charge is -2.30.